The summed E-state index contributed by atoms with van der Waals surface area (Å²) in [6, 6.07) is 3.63. The average Bonchev–Trinajstić information content (AvgIpc) is 2.79. The van der Waals surface area contributed by atoms with E-state index in [2.05, 4.69) is 9.82 Å². The second-order valence-corrected chi connectivity index (χ2v) is 6.49. The van der Waals surface area contributed by atoms with E-state index in [9.17, 15) is 13.2 Å². The maximum absolute atomic E-state index is 12.2. The van der Waals surface area contributed by atoms with Gasteiger partial charge in [0.15, 0.2) is 5.03 Å². The molecule has 0 unspecified atom stereocenters. The lowest BCUT2D eigenvalue weighted by atomic mass is 10.2. The van der Waals surface area contributed by atoms with Gasteiger partial charge in [-0.25, -0.2) is 4.79 Å². The van der Waals surface area contributed by atoms with Crippen molar-refractivity contribution >= 4 is 44.9 Å². The number of benzene rings is 1. The number of sulfonamides is 1. The highest BCUT2D eigenvalue weighted by atomic mass is 35.5. The Bertz CT molecular complexity index is 817. The standard InChI is InChI=1S/C11H9Cl2N3O4S/c1-16-9(2-3-14-16)21(19,20)15-10-7(11(17)18)4-6(12)5-8(10)13/h2-5,15H,1H3,(H,17,18). The van der Waals surface area contributed by atoms with E-state index in [-0.39, 0.29) is 26.3 Å². The van der Waals surface area contributed by atoms with E-state index in [1.807, 2.05) is 0 Å². The Balaban J connectivity index is 2.54. The van der Waals surface area contributed by atoms with Crippen LogP contribution in [-0.4, -0.2) is 29.3 Å². The highest BCUT2D eigenvalue weighted by Crippen LogP contribution is 2.32. The van der Waals surface area contributed by atoms with Gasteiger partial charge in [-0.05, 0) is 18.2 Å². The van der Waals surface area contributed by atoms with Gasteiger partial charge in [-0.2, -0.15) is 13.5 Å². The van der Waals surface area contributed by atoms with Crippen molar-refractivity contribution < 1.29 is 18.3 Å². The number of carboxylic acids is 1. The summed E-state index contributed by atoms with van der Waals surface area (Å²) in [4.78, 5) is 11.2. The minimum atomic E-state index is -4.03. The molecule has 0 saturated carbocycles. The Morgan fingerprint density at radius 3 is 2.57 bits per heavy atom. The number of halogens is 2. The fourth-order valence-electron chi connectivity index (χ4n) is 1.66. The molecule has 2 N–H and O–H groups in total. The van der Waals surface area contributed by atoms with E-state index < -0.39 is 16.0 Å². The number of nitrogens with one attached hydrogen (secondary N) is 1. The fourth-order valence-corrected chi connectivity index (χ4v) is 3.48. The second kappa shape index (κ2) is 5.55. The van der Waals surface area contributed by atoms with E-state index in [1.165, 1.54) is 25.4 Å². The highest BCUT2D eigenvalue weighted by Gasteiger charge is 2.23. The Morgan fingerprint density at radius 1 is 1.38 bits per heavy atom. The van der Waals surface area contributed by atoms with Crippen LogP contribution in [0.2, 0.25) is 10.0 Å². The SMILES string of the molecule is Cn1nccc1S(=O)(=O)Nc1c(Cl)cc(Cl)cc1C(=O)O. The van der Waals surface area contributed by atoms with Crippen LogP contribution < -0.4 is 4.72 Å². The molecule has 0 aliphatic heterocycles. The first-order chi connectivity index (χ1) is 9.72. The van der Waals surface area contributed by atoms with Gasteiger partial charge in [0, 0.05) is 12.1 Å². The Morgan fingerprint density at radius 2 is 2.05 bits per heavy atom. The molecule has 0 radical (unpaired) electrons. The zero-order valence-corrected chi connectivity index (χ0v) is 12.9. The Labute approximate surface area is 130 Å². The lowest BCUT2D eigenvalue weighted by Gasteiger charge is -2.12. The summed E-state index contributed by atoms with van der Waals surface area (Å²) in [5.41, 5.74) is -0.604. The quantitative estimate of drug-likeness (QED) is 0.881. The molecular formula is C11H9Cl2N3O4S. The lowest BCUT2D eigenvalue weighted by molar-refractivity contribution is 0.0698. The molecule has 21 heavy (non-hydrogen) atoms. The van der Waals surface area contributed by atoms with Crippen molar-refractivity contribution in [2.75, 3.05) is 4.72 Å². The van der Waals surface area contributed by atoms with Crippen LogP contribution >= 0.6 is 23.2 Å². The van der Waals surface area contributed by atoms with Crippen molar-refractivity contribution in [3.05, 3.63) is 40.0 Å². The van der Waals surface area contributed by atoms with Gasteiger partial charge in [0.2, 0.25) is 0 Å². The molecular weight excluding hydrogens is 341 g/mol. The summed E-state index contributed by atoms with van der Waals surface area (Å²) >= 11 is 11.6. The highest BCUT2D eigenvalue weighted by molar-refractivity contribution is 7.92. The largest absolute Gasteiger partial charge is 0.478 e. The summed E-state index contributed by atoms with van der Waals surface area (Å²) in [7, 11) is -2.59. The van der Waals surface area contributed by atoms with Crippen molar-refractivity contribution in [2.24, 2.45) is 7.05 Å². The van der Waals surface area contributed by atoms with Gasteiger partial charge < -0.3 is 5.11 Å². The van der Waals surface area contributed by atoms with Gasteiger partial charge in [0.25, 0.3) is 10.0 Å². The van der Waals surface area contributed by atoms with Crippen molar-refractivity contribution in [2.45, 2.75) is 5.03 Å². The van der Waals surface area contributed by atoms with Gasteiger partial charge in [-0.1, -0.05) is 23.2 Å². The molecule has 7 nitrogen and oxygen atoms in total. The van der Waals surface area contributed by atoms with Crippen LogP contribution in [-0.2, 0) is 17.1 Å². The number of rotatable bonds is 4. The van der Waals surface area contributed by atoms with Crippen LogP contribution in [0, 0.1) is 0 Å². The van der Waals surface area contributed by atoms with Gasteiger partial charge in [-0.15, -0.1) is 0 Å². The maximum atomic E-state index is 12.2. The number of anilines is 1. The summed E-state index contributed by atoms with van der Waals surface area (Å²) in [5, 5.41) is 12.7. The molecule has 0 aliphatic rings. The number of nitrogens with zero attached hydrogens (tertiary/aromatic N) is 2. The third-order valence-corrected chi connectivity index (χ3v) is 4.51. The van der Waals surface area contributed by atoms with Crippen molar-refractivity contribution in [3.63, 3.8) is 0 Å². The number of aromatic carboxylic acids is 1. The molecule has 0 bridgehead atoms. The van der Waals surface area contributed by atoms with Gasteiger partial charge in [-0.3, -0.25) is 9.40 Å². The zero-order valence-electron chi connectivity index (χ0n) is 10.5. The molecule has 2 rings (SSSR count). The van der Waals surface area contributed by atoms with Crippen LogP contribution in [0.1, 0.15) is 10.4 Å². The zero-order chi connectivity index (χ0) is 15.8. The Hall–Kier alpha value is -1.77. The molecule has 0 atom stereocenters. The molecule has 0 spiro atoms. The molecule has 0 saturated heterocycles. The predicted octanol–water partition coefficient (Wildman–Crippen LogP) is 2.23. The van der Waals surface area contributed by atoms with Gasteiger partial charge in [0.1, 0.15) is 0 Å². The molecule has 10 heteroatoms. The van der Waals surface area contributed by atoms with Gasteiger partial charge >= 0.3 is 5.97 Å². The van der Waals surface area contributed by atoms with E-state index in [0.717, 1.165) is 10.7 Å². The average molecular weight is 350 g/mol. The number of aryl methyl sites for hydroxylation is 1. The monoisotopic (exact) mass is 349 g/mol. The van der Waals surface area contributed by atoms with Crippen LogP contribution in [0.5, 0.6) is 0 Å². The normalized spacial score (nSPS) is 11.4. The summed E-state index contributed by atoms with van der Waals surface area (Å²) < 4.78 is 27.8. The third kappa shape index (κ3) is 3.12. The summed E-state index contributed by atoms with van der Waals surface area (Å²) in [6.07, 6.45) is 1.30. The number of hydrogen-bond acceptors (Lipinski definition) is 4. The minimum Gasteiger partial charge on any atom is -0.478 e. The van der Waals surface area contributed by atoms with E-state index in [1.54, 1.807) is 0 Å². The van der Waals surface area contributed by atoms with E-state index >= 15 is 0 Å². The van der Waals surface area contributed by atoms with Crippen LogP contribution in [0.25, 0.3) is 0 Å². The lowest BCUT2D eigenvalue weighted by Crippen LogP contribution is -2.18. The van der Waals surface area contributed by atoms with Crippen LogP contribution in [0.15, 0.2) is 29.4 Å². The molecule has 0 amide bonds. The molecule has 1 aromatic heterocycles. The molecule has 0 aliphatic carbocycles. The van der Waals surface area contributed by atoms with Crippen LogP contribution in [0.4, 0.5) is 5.69 Å². The first-order valence-corrected chi connectivity index (χ1v) is 7.69. The van der Waals surface area contributed by atoms with Crippen LogP contribution in [0.3, 0.4) is 0 Å². The number of carboxylic acid groups (broad SMARTS) is 1. The van der Waals surface area contributed by atoms with E-state index in [4.69, 9.17) is 28.3 Å². The maximum Gasteiger partial charge on any atom is 0.337 e. The van der Waals surface area contributed by atoms with Crippen molar-refractivity contribution in [1.29, 1.82) is 0 Å². The number of aromatic nitrogens is 2. The third-order valence-electron chi connectivity index (χ3n) is 2.57. The summed E-state index contributed by atoms with van der Waals surface area (Å²) in [5.74, 6) is -1.36. The first kappa shape index (κ1) is 15.6. The number of hydrogen-bond donors (Lipinski definition) is 2. The molecule has 1 heterocycles. The minimum absolute atomic E-state index is 0.0841. The van der Waals surface area contributed by atoms with Gasteiger partial charge in [0.05, 0.1) is 22.5 Å². The Kier molecular flexibility index (Phi) is 4.13. The van der Waals surface area contributed by atoms with Crippen molar-refractivity contribution in [1.82, 2.24) is 9.78 Å². The second-order valence-electron chi connectivity index (χ2n) is 4.01. The van der Waals surface area contributed by atoms with E-state index in [0.29, 0.717) is 0 Å². The fraction of sp³-hybridized carbons (Fsp3) is 0.0909. The summed E-state index contributed by atoms with van der Waals surface area (Å²) in [6.45, 7) is 0. The first-order valence-electron chi connectivity index (χ1n) is 5.45. The molecule has 1 aromatic carbocycles. The smallest absolute Gasteiger partial charge is 0.337 e. The topological polar surface area (TPSA) is 101 Å². The number of carbonyl (C=O) groups is 1. The molecule has 2 aromatic rings. The van der Waals surface area contributed by atoms with Crippen molar-refractivity contribution in [3.8, 4) is 0 Å². The molecule has 0 fully saturated rings. The predicted molar refractivity (Wildman–Crippen MR) is 77.4 cm³/mol. The molecule has 112 valence electrons.